The van der Waals surface area contributed by atoms with Crippen LogP contribution in [0, 0.1) is 0 Å². The van der Waals surface area contributed by atoms with Gasteiger partial charge in [0.05, 0.1) is 19.9 Å². The SMILES string of the molecule is COc1ccc(NC(=O)N2CCN(c3cc(N4CCCC4)ncn3)CC2)c(OC)c1. The van der Waals surface area contributed by atoms with Gasteiger partial charge in [-0.2, -0.15) is 0 Å². The number of anilines is 3. The molecule has 1 aromatic carbocycles. The minimum absolute atomic E-state index is 0.140. The molecule has 2 aromatic rings. The Morgan fingerprint density at radius 3 is 2.20 bits per heavy atom. The molecule has 0 atom stereocenters. The number of urea groups is 1. The summed E-state index contributed by atoms with van der Waals surface area (Å²) in [5.74, 6) is 3.15. The third-order valence-corrected chi connectivity index (χ3v) is 5.61. The molecule has 2 saturated heterocycles. The molecule has 2 aliphatic rings. The molecule has 0 spiro atoms. The minimum Gasteiger partial charge on any atom is -0.497 e. The summed E-state index contributed by atoms with van der Waals surface area (Å²) in [5, 5.41) is 2.94. The zero-order valence-corrected chi connectivity index (χ0v) is 17.5. The maximum Gasteiger partial charge on any atom is 0.322 e. The van der Waals surface area contributed by atoms with E-state index in [1.165, 1.54) is 12.8 Å². The standard InChI is InChI=1S/C21H28N6O3/c1-29-16-5-6-17(18(13-16)30-2)24-21(28)27-11-9-26(10-12-27)20-14-19(22-15-23-20)25-7-3-4-8-25/h5-6,13-15H,3-4,7-12H2,1-2H3,(H,24,28). The topological polar surface area (TPSA) is 83.1 Å². The van der Waals surface area contributed by atoms with Crippen molar-refractivity contribution in [3.05, 3.63) is 30.6 Å². The summed E-state index contributed by atoms with van der Waals surface area (Å²) >= 11 is 0. The van der Waals surface area contributed by atoms with Crippen LogP contribution in [0.15, 0.2) is 30.6 Å². The number of benzene rings is 1. The molecule has 9 heteroatoms. The Labute approximate surface area is 176 Å². The third kappa shape index (κ3) is 4.34. The molecular formula is C21H28N6O3. The number of methoxy groups -OCH3 is 2. The first-order valence-corrected chi connectivity index (χ1v) is 10.3. The van der Waals surface area contributed by atoms with Crippen molar-refractivity contribution in [3.8, 4) is 11.5 Å². The lowest BCUT2D eigenvalue weighted by Gasteiger charge is -2.35. The number of piperazine rings is 1. The Hall–Kier alpha value is -3.23. The van der Waals surface area contributed by atoms with Gasteiger partial charge in [-0.1, -0.05) is 0 Å². The molecule has 0 bridgehead atoms. The highest BCUT2D eigenvalue weighted by molar-refractivity contribution is 5.91. The highest BCUT2D eigenvalue weighted by atomic mass is 16.5. The van der Waals surface area contributed by atoms with E-state index in [9.17, 15) is 4.79 Å². The van der Waals surface area contributed by atoms with Crippen LogP contribution in [0.2, 0.25) is 0 Å². The van der Waals surface area contributed by atoms with Crippen molar-refractivity contribution in [3.63, 3.8) is 0 Å². The number of nitrogens with one attached hydrogen (secondary N) is 1. The first kappa shape index (κ1) is 20.1. The van der Waals surface area contributed by atoms with Crippen molar-refractivity contribution in [1.82, 2.24) is 14.9 Å². The molecule has 3 heterocycles. The number of aromatic nitrogens is 2. The molecule has 0 saturated carbocycles. The highest BCUT2D eigenvalue weighted by Gasteiger charge is 2.24. The molecule has 2 amide bonds. The summed E-state index contributed by atoms with van der Waals surface area (Å²) in [6.07, 6.45) is 4.07. The van der Waals surface area contributed by atoms with Crippen LogP contribution in [0.3, 0.4) is 0 Å². The van der Waals surface area contributed by atoms with Crippen LogP contribution in [-0.4, -0.2) is 74.4 Å². The summed E-state index contributed by atoms with van der Waals surface area (Å²) in [4.78, 5) is 27.9. The first-order chi connectivity index (χ1) is 14.7. The van der Waals surface area contributed by atoms with Crippen molar-refractivity contribution in [1.29, 1.82) is 0 Å². The second-order valence-electron chi connectivity index (χ2n) is 7.40. The van der Waals surface area contributed by atoms with Gasteiger partial charge in [0.15, 0.2) is 0 Å². The van der Waals surface area contributed by atoms with Gasteiger partial charge in [-0.05, 0) is 25.0 Å². The maximum atomic E-state index is 12.7. The van der Waals surface area contributed by atoms with E-state index in [0.717, 1.165) is 37.8 Å². The van der Waals surface area contributed by atoms with Gasteiger partial charge in [0.2, 0.25) is 0 Å². The largest absolute Gasteiger partial charge is 0.497 e. The normalized spacial score (nSPS) is 16.5. The predicted octanol–water partition coefficient (Wildman–Crippen LogP) is 2.45. The molecule has 160 valence electrons. The van der Waals surface area contributed by atoms with Crippen LogP contribution in [0.4, 0.5) is 22.1 Å². The van der Waals surface area contributed by atoms with Crippen molar-refractivity contribution >= 4 is 23.4 Å². The summed E-state index contributed by atoms with van der Waals surface area (Å²) in [6.45, 7) is 4.80. The van der Waals surface area contributed by atoms with E-state index < -0.39 is 0 Å². The van der Waals surface area contributed by atoms with Crippen LogP contribution >= 0.6 is 0 Å². The number of hydrogen-bond acceptors (Lipinski definition) is 7. The fourth-order valence-electron chi connectivity index (χ4n) is 3.86. The summed E-state index contributed by atoms with van der Waals surface area (Å²) in [6, 6.07) is 7.25. The number of ether oxygens (including phenoxy) is 2. The number of hydrogen-bond donors (Lipinski definition) is 1. The van der Waals surface area contributed by atoms with Gasteiger partial charge in [-0.25, -0.2) is 14.8 Å². The van der Waals surface area contributed by atoms with Gasteiger partial charge in [0.25, 0.3) is 0 Å². The van der Waals surface area contributed by atoms with Gasteiger partial charge in [0.1, 0.15) is 29.5 Å². The zero-order chi connectivity index (χ0) is 20.9. The number of carbonyl (C=O) groups excluding carboxylic acids is 1. The van der Waals surface area contributed by atoms with Crippen LogP contribution in [-0.2, 0) is 0 Å². The van der Waals surface area contributed by atoms with E-state index in [-0.39, 0.29) is 6.03 Å². The molecule has 1 N–H and O–H groups in total. The second-order valence-corrected chi connectivity index (χ2v) is 7.40. The van der Waals surface area contributed by atoms with E-state index >= 15 is 0 Å². The minimum atomic E-state index is -0.140. The lowest BCUT2D eigenvalue weighted by atomic mass is 10.2. The molecule has 0 aliphatic carbocycles. The third-order valence-electron chi connectivity index (χ3n) is 5.61. The average Bonchev–Trinajstić information content (AvgIpc) is 3.34. The lowest BCUT2D eigenvalue weighted by Crippen LogP contribution is -2.50. The lowest BCUT2D eigenvalue weighted by molar-refractivity contribution is 0.208. The van der Waals surface area contributed by atoms with Gasteiger partial charge in [0, 0.05) is 51.4 Å². The van der Waals surface area contributed by atoms with Gasteiger partial charge < -0.3 is 29.5 Å². The van der Waals surface area contributed by atoms with Gasteiger partial charge in [-0.3, -0.25) is 0 Å². The fourth-order valence-corrected chi connectivity index (χ4v) is 3.86. The van der Waals surface area contributed by atoms with E-state index in [1.807, 2.05) is 4.90 Å². The molecule has 1 aromatic heterocycles. The summed E-state index contributed by atoms with van der Waals surface area (Å²) in [5.41, 5.74) is 0.622. The fraction of sp³-hybridized carbons (Fsp3) is 0.476. The zero-order valence-electron chi connectivity index (χ0n) is 17.5. The Morgan fingerprint density at radius 2 is 1.57 bits per heavy atom. The maximum absolute atomic E-state index is 12.7. The van der Waals surface area contributed by atoms with Crippen LogP contribution in [0.25, 0.3) is 0 Å². The van der Waals surface area contributed by atoms with Crippen LogP contribution in [0.5, 0.6) is 11.5 Å². The smallest absolute Gasteiger partial charge is 0.322 e. The van der Waals surface area contributed by atoms with Crippen molar-refractivity contribution in [2.75, 3.05) is 68.6 Å². The molecule has 2 fully saturated rings. The number of nitrogens with zero attached hydrogens (tertiary/aromatic N) is 5. The van der Waals surface area contributed by atoms with Crippen LogP contribution in [0.1, 0.15) is 12.8 Å². The Kier molecular flexibility index (Phi) is 6.06. The van der Waals surface area contributed by atoms with Crippen molar-refractivity contribution in [2.45, 2.75) is 12.8 Å². The van der Waals surface area contributed by atoms with Gasteiger partial charge >= 0.3 is 6.03 Å². The average molecular weight is 412 g/mol. The molecule has 2 aliphatic heterocycles. The van der Waals surface area contributed by atoms with E-state index in [0.29, 0.717) is 30.3 Å². The molecule has 4 rings (SSSR count). The Balaban J connectivity index is 1.35. The number of amides is 2. The van der Waals surface area contributed by atoms with Gasteiger partial charge in [-0.15, -0.1) is 0 Å². The first-order valence-electron chi connectivity index (χ1n) is 10.3. The monoisotopic (exact) mass is 412 g/mol. The molecule has 9 nitrogen and oxygen atoms in total. The molecule has 30 heavy (non-hydrogen) atoms. The summed E-state index contributed by atoms with van der Waals surface area (Å²) in [7, 11) is 3.17. The van der Waals surface area contributed by atoms with E-state index in [4.69, 9.17) is 9.47 Å². The van der Waals surface area contributed by atoms with Crippen molar-refractivity contribution < 1.29 is 14.3 Å². The van der Waals surface area contributed by atoms with Crippen LogP contribution < -0.4 is 24.6 Å². The second kappa shape index (κ2) is 9.06. The molecule has 0 unspecified atom stereocenters. The number of rotatable bonds is 5. The predicted molar refractivity (Wildman–Crippen MR) is 116 cm³/mol. The van der Waals surface area contributed by atoms with E-state index in [1.54, 1.807) is 38.7 Å². The summed E-state index contributed by atoms with van der Waals surface area (Å²) < 4.78 is 10.6. The molecule has 0 radical (unpaired) electrons. The molecular weight excluding hydrogens is 384 g/mol. The Bertz CT molecular complexity index is 879. The highest BCUT2D eigenvalue weighted by Crippen LogP contribution is 2.29. The van der Waals surface area contributed by atoms with Crippen molar-refractivity contribution in [2.24, 2.45) is 0 Å². The van der Waals surface area contributed by atoms with E-state index in [2.05, 4.69) is 31.2 Å². The Morgan fingerprint density at radius 1 is 0.900 bits per heavy atom. The quantitative estimate of drug-likeness (QED) is 0.808. The number of carbonyl (C=O) groups is 1.